The van der Waals surface area contributed by atoms with Crippen LogP contribution in [-0.2, 0) is 6.54 Å². The molecule has 0 aliphatic carbocycles. The molecule has 2 aromatic heterocycles. The van der Waals surface area contributed by atoms with Crippen LogP contribution in [0.25, 0.3) is 21.3 Å². The van der Waals surface area contributed by atoms with Gasteiger partial charge in [0.25, 0.3) is 5.56 Å². The first-order chi connectivity index (χ1) is 12.5. The number of rotatable bonds is 3. The second-order valence-electron chi connectivity index (χ2n) is 6.02. The maximum Gasteiger partial charge on any atom is 0.263 e. The lowest BCUT2D eigenvalue weighted by Gasteiger charge is -2.10. The number of halogens is 2. The van der Waals surface area contributed by atoms with Crippen LogP contribution in [0.4, 0.5) is 4.39 Å². The Labute approximate surface area is 161 Å². The fraction of sp³-hybridized carbons (Fsp3) is 0.100. The topological polar surface area (TPSA) is 34.9 Å². The SMILES string of the molecule is Cc1nc2scc(-c3ccc(Br)cc3)c2c(=O)n1Cc1cccc(F)c1. The van der Waals surface area contributed by atoms with Gasteiger partial charge in [-0.2, -0.15) is 0 Å². The zero-order chi connectivity index (χ0) is 18.3. The first kappa shape index (κ1) is 17.1. The molecule has 0 atom stereocenters. The molecule has 4 aromatic rings. The Morgan fingerprint density at radius 3 is 2.69 bits per heavy atom. The van der Waals surface area contributed by atoms with E-state index in [1.807, 2.05) is 35.7 Å². The lowest BCUT2D eigenvalue weighted by atomic mass is 10.1. The quantitative estimate of drug-likeness (QED) is 0.438. The second kappa shape index (κ2) is 6.78. The second-order valence-corrected chi connectivity index (χ2v) is 7.79. The normalized spacial score (nSPS) is 11.2. The van der Waals surface area contributed by atoms with Crippen LogP contribution in [0.3, 0.4) is 0 Å². The van der Waals surface area contributed by atoms with E-state index in [2.05, 4.69) is 20.9 Å². The molecule has 2 aromatic carbocycles. The molecule has 2 heterocycles. The van der Waals surface area contributed by atoms with Gasteiger partial charge in [0.15, 0.2) is 0 Å². The lowest BCUT2D eigenvalue weighted by Crippen LogP contribution is -2.24. The van der Waals surface area contributed by atoms with Crippen molar-refractivity contribution in [3.05, 3.63) is 85.9 Å². The molecule has 26 heavy (non-hydrogen) atoms. The molecule has 0 saturated heterocycles. The molecule has 0 aliphatic heterocycles. The third-order valence-corrected chi connectivity index (χ3v) is 5.67. The van der Waals surface area contributed by atoms with Crippen molar-refractivity contribution in [1.82, 2.24) is 9.55 Å². The summed E-state index contributed by atoms with van der Waals surface area (Å²) in [5, 5.41) is 2.58. The summed E-state index contributed by atoms with van der Waals surface area (Å²) < 4.78 is 16.1. The van der Waals surface area contributed by atoms with Crippen LogP contribution < -0.4 is 5.56 Å². The van der Waals surface area contributed by atoms with Crippen molar-refractivity contribution in [2.24, 2.45) is 0 Å². The predicted octanol–water partition coefficient (Wildman–Crippen LogP) is 5.38. The third kappa shape index (κ3) is 3.10. The lowest BCUT2D eigenvalue weighted by molar-refractivity contribution is 0.621. The van der Waals surface area contributed by atoms with E-state index in [9.17, 15) is 9.18 Å². The first-order valence-corrected chi connectivity index (χ1v) is 9.69. The Balaban J connectivity index is 1.88. The summed E-state index contributed by atoms with van der Waals surface area (Å²) >= 11 is 4.89. The van der Waals surface area contributed by atoms with E-state index in [0.29, 0.717) is 17.8 Å². The van der Waals surface area contributed by atoms with E-state index < -0.39 is 0 Å². The van der Waals surface area contributed by atoms with E-state index in [4.69, 9.17) is 0 Å². The highest BCUT2D eigenvalue weighted by atomic mass is 79.9. The van der Waals surface area contributed by atoms with Gasteiger partial charge in [-0.3, -0.25) is 9.36 Å². The van der Waals surface area contributed by atoms with Gasteiger partial charge in [0.2, 0.25) is 0 Å². The van der Waals surface area contributed by atoms with E-state index in [-0.39, 0.29) is 11.4 Å². The summed E-state index contributed by atoms with van der Waals surface area (Å²) in [6, 6.07) is 14.1. The van der Waals surface area contributed by atoms with Crippen LogP contribution in [0.5, 0.6) is 0 Å². The molecule has 0 amide bonds. The highest BCUT2D eigenvalue weighted by molar-refractivity contribution is 9.10. The highest BCUT2D eigenvalue weighted by Crippen LogP contribution is 2.31. The predicted molar refractivity (Wildman–Crippen MR) is 107 cm³/mol. The number of aryl methyl sites for hydroxylation is 1. The number of hydrogen-bond donors (Lipinski definition) is 0. The molecule has 3 nitrogen and oxygen atoms in total. The van der Waals surface area contributed by atoms with Gasteiger partial charge in [0, 0.05) is 15.4 Å². The highest BCUT2D eigenvalue weighted by Gasteiger charge is 2.15. The van der Waals surface area contributed by atoms with E-state index in [0.717, 1.165) is 26.0 Å². The van der Waals surface area contributed by atoms with Crippen molar-refractivity contribution in [1.29, 1.82) is 0 Å². The van der Waals surface area contributed by atoms with E-state index in [1.165, 1.54) is 23.5 Å². The number of benzene rings is 2. The summed E-state index contributed by atoms with van der Waals surface area (Å²) in [6.45, 7) is 2.10. The van der Waals surface area contributed by atoms with E-state index in [1.54, 1.807) is 17.6 Å². The summed E-state index contributed by atoms with van der Waals surface area (Å²) in [4.78, 5) is 18.5. The summed E-state index contributed by atoms with van der Waals surface area (Å²) in [6.07, 6.45) is 0. The Hall–Kier alpha value is -2.31. The number of fused-ring (bicyclic) bond motifs is 1. The number of aromatic nitrogens is 2. The van der Waals surface area contributed by atoms with Gasteiger partial charge in [-0.1, -0.05) is 40.2 Å². The molecule has 4 rings (SSSR count). The monoisotopic (exact) mass is 428 g/mol. The Morgan fingerprint density at radius 1 is 1.19 bits per heavy atom. The van der Waals surface area contributed by atoms with Gasteiger partial charge in [-0.25, -0.2) is 9.37 Å². The minimum atomic E-state index is -0.312. The van der Waals surface area contributed by atoms with Gasteiger partial charge in [0.05, 0.1) is 11.9 Å². The molecule has 0 aliphatic rings. The van der Waals surface area contributed by atoms with Crippen LogP contribution in [0, 0.1) is 12.7 Å². The van der Waals surface area contributed by atoms with Gasteiger partial charge < -0.3 is 0 Å². The van der Waals surface area contributed by atoms with Gasteiger partial charge in [-0.15, -0.1) is 11.3 Å². The van der Waals surface area contributed by atoms with Crippen LogP contribution in [0.15, 0.2) is 63.2 Å². The smallest absolute Gasteiger partial charge is 0.263 e. The van der Waals surface area contributed by atoms with Crippen molar-refractivity contribution < 1.29 is 4.39 Å². The Morgan fingerprint density at radius 2 is 1.96 bits per heavy atom. The summed E-state index contributed by atoms with van der Waals surface area (Å²) in [7, 11) is 0. The maximum atomic E-state index is 13.5. The Kier molecular flexibility index (Phi) is 4.46. The molecular weight excluding hydrogens is 415 g/mol. The van der Waals surface area contributed by atoms with Crippen molar-refractivity contribution in [3.63, 3.8) is 0 Å². The zero-order valence-electron chi connectivity index (χ0n) is 13.9. The van der Waals surface area contributed by atoms with Crippen molar-refractivity contribution in [3.8, 4) is 11.1 Å². The first-order valence-electron chi connectivity index (χ1n) is 8.02. The molecule has 6 heteroatoms. The maximum absolute atomic E-state index is 13.5. The standard InChI is InChI=1S/C20H14BrFN2OS/c1-12-23-19-18(17(11-26-19)14-5-7-15(21)8-6-14)20(25)24(12)10-13-3-2-4-16(22)9-13/h2-9,11H,10H2,1H3. The molecule has 0 unspecified atom stereocenters. The summed E-state index contributed by atoms with van der Waals surface area (Å²) in [5.41, 5.74) is 2.48. The van der Waals surface area contributed by atoms with Crippen molar-refractivity contribution in [2.45, 2.75) is 13.5 Å². The number of hydrogen-bond acceptors (Lipinski definition) is 3. The fourth-order valence-corrected chi connectivity index (χ4v) is 4.22. The molecule has 0 bridgehead atoms. The van der Waals surface area contributed by atoms with Crippen LogP contribution in [0.2, 0.25) is 0 Å². The minimum absolute atomic E-state index is 0.101. The molecular formula is C20H14BrFN2OS. The number of thiophene rings is 1. The minimum Gasteiger partial charge on any atom is -0.292 e. The largest absolute Gasteiger partial charge is 0.292 e. The van der Waals surface area contributed by atoms with Gasteiger partial charge in [-0.05, 0) is 42.3 Å². The molecule has 0 radical (unpaired) electrons. The number of nitrogens with zero attached hydrogens (tertiary/aromatic N) is 2. The van der Waals surface area contributed by atoms with Crippen LogP contribution >= 0.6 is 27.3 Å². The van der Waals surface area contributed by atoms with Crippen molar-refractivity contribution in [2.75, 3.05) is 0 Å². The van der Waals surface area contributed by atoms with Gasteiger partial charge in [0.1, 0.15) is 16.5 Å². The van der Waals surface area contributed by atoms with Crippen LogP contribution in [-0.4, -0.2) is 9.55 Å². The average molecular weight is 429 g/mol. The summed E-state index contributed by atoms with van der Waals surface area (Å²) in [5.74, 6) is 0.310. The molecule has 0 N–H and O–H groups in total. The molecule has 130 valence electrons. The molecule has 0 saturated carbocycles. The van der Waals surface area contributed by atoms with Crippen molar-refractivity contribution >= 4 is 37.5 Å². The third-order valence-electron chi connectivity index (χ3n) is 4.27. The Bertz CT molecular complexity index is 1160. The zero-order valence-corrected chi connectivity index (χ0v) is 16.3. The average Bonchev–Trinajstić information content (AvgIpc) is 3.03. The fourth-order valence-electron chi connectivity index (χ4n) is 2.97. The van der Waals surface area contributed by atoms with E-state index >= 15 is 0 Å². The molecule has 0 spiro atoms. The van der Waals surface area contributed by atoms with Gasteiger partial charge >= 0.3 is 0 Å². The van der Waals surface area contributed by atoms with Crippen LogP contribution in [0.1, 0.15) is 11.4 Å². The molecule has 0 fully saturated rings.